The molecule has 0 aliphatic carbocycles. The fourth-order valence-electron chi connectivity index (χ4n) is 1.84. The van der Waals surface area contributed by atoms with E-state index in [-0.39, 0.29) is 4.90 Å². The third-order valence-corrected chi connectivity index (χ3v) is 4.34. The Morgan fingerprint density at radius 2 is 1.91 bits per heavy atom. The summed E-state index contributed by atoms with van der Waals surface area (Å²) in [5.74, 6) is 0.793. The van der Waals surface area contributed by atoms with Gasteiger partial charge in [-0.25, -0.2) is 22.9 Å². The van der Waals surface area contributed by atoms with Crippen LogP contribution in [0.1, 0.15) is 17.1 Å². The first kappa shape index (κ1) is 16.0. The standard InChI is InChI=1S/C14H18N4O3S/c1-10-3-5-13(6-4-10)22(20,21)18-14(19)15-8-7-12-9-16-11(2)17-12/h3-6,9H,7-8H2,1-2H3,(H,16,17)(H2,15,18,19). The summed E-state index contributed by atoms with van der Waals surface area (Å²) < 4.78 is 26.0. The monoisotopic (exact) mass is 322 g/mol. The van der Waals surface area contributed by atoms with Crippen molar-refractivity contribution in [3.8, 4) is 0 Å². The molecule has 0 aliphatic heterocycles. The fourth-order valence-corrected chi connectivity index (χ4v) is 2.77. The Balaban J connectivity index is 1.86. The largest absolute Gasteiger partial charge is 0.346 e. The van der Waals surface area contributed by atoms with E-state index in [1.807, 2.05) is 18.6 Å². The van der Waals surface area contributed by atoms with Gasteiger partial charge in [-0.05, 0) is 26.0 Å². The Labute approximate surface area is 129 Å². The first-order valence-electron chi connectivity index (χ1n) is 6.74. The van der Waals surface area contributed by atoms with Crippen LogP contribution in [-0.2, 0) is 16.4 Å². The quantitative estimate of drug-likeness (QED) is 0.771. The van der Waals surface area contributed by atoms with Gasteiger partial charge in [-0.3, -0.25) is 0 Å². The molecule has 0 radical (unpaired) electrons. The second-order valence-electron chi connectivity index (χ2n) is 4.92. The van der Waals surface area contributed by atoms with Crippen molar-refractivity contribution in [2.45, 2.75) is 25.2 Å². The summed E-state index contributed by atoms with van der Waals surface area (Å²) in [6.07, 6.45) is 2.22. The maximum absolute atomic E-state index is 12.0. The number of rotatable bonds is 5. The van der Waals surface area contributed by atoms with E-state index < -0.39 is 16.1 Å². The molecule has 2 amide bonds. The molecule has 0 unspecified atom stereocenters. The molecule has 1 aromatic carbocycles. The van der Waals surface area contributed by atoms with Crippen LogP contribution in [0.5, 0.6) is 0 Å². The molecule has 8 heteroatoms. The topological polar surface area (TPSA) is 104 Å². The molecular formula is C14H18N4O3S. The summed E-state index contributed by atoms with van der Waals surface area (Å²) in [4.78, 5) is 18.8. The zero-order chi connectivity index (χ0) is 16.2. The molecule has 0 saturated carbocycles. The van der Waals surface area contributed by atoms with Crippen LogP contribution < -0.4 is 10.0 Å². The number of carbonyl (C=O) groups is 1. The summed E-state index contributed by atoms with van der Waals surface area (Å²) in [7, 11) is -3.85. The predicted octanol–water partition coefficient (Wildman–Crippen LogP) is 1.26. The van der Waals surface area contributed by atoms with Crippen LogP contribution in [0.4, 0.5) is 4.79 Å². The highest BCUT2D eigenvalue weighted by Gasteiger charge is 2.16. The summed E-state index contributed by atoms with van der Waals surface area (Å²) in [6, 6.07) is 5.51. The zero-order valence-electron chi connectivity index (χ0n) is 12.4. The Kier molecular flexibility index (Phi) is 4.81. The number of hydrogen-bond acceptors (Lipinski definition) is 4. The van der Waals surface area contributed by atoms with Gasteiger partial charge in [-0.15, -0.1) is 0 Å². The van der Waals surface area contributed by atoms with E-state index in [0.29, 0.717) is 13.0 Å². The lowest BCUT2D eigenvalue weighted by Crippen LogP contribution is -2.40. The van der Waals surface area contributed by atoms with Gasteiger partial charge < -0.3 is 10.3 Å². The van der Waals surface area contributed by atoms with Gasteiger partial charge in [0.1, 0.15) is 5.82 Å². The molecule has 2 rings (SSSR count). The first-order valence-corrected chi connectivity index (χ1v) is 8.23. The maximum Gasteiger partial charge on any atom is 0.328 e. The molecule has 3 N–H and O–H groups in total. The summed E-state index contributed by atoms with van der Waals surface area (Å²) >= 11 is 0. The number of nitrogens with one attached hydrogen (secondary N) is 3. The van der Waals surface area contributed by atoms with Gasteiger partial charge in [0.2, 0.25) is 0 Å². The van der Waals surface area contributed by atoms with E-state index >= 15 is 0 Å². The summed E-state index contributed by atoms with van der Waals surface area (Å²) in [5.41, 5.74) is 1.82. The van der Waals surface area contributed by atoms with E-state index in [2.05, 4.69) is 15.3 Å². The molecule has 0 aliphatic rings. The number of sulfonamides is 1. The molecule has 0 atom stereocenters. The number of urea groups is 1. The molecule has 1 heterocycles. The molecule has 0 fully saturated rings. The van der Waals surface area contributed by atoms with Crippen LogP contribution in [0.2, 0.25) is 0 Å². The van der Waals surface area contributed by atoms with E-state index in [9.17, 15) is 13.2 Å². The summed E-state index contributed by atoms with van der Waals surface area (Å²) in [5, 5.41) is 2.50. The normalized spacial score (nSPS) is 11.2. The smallest absolute Gasteiger partial charge is 0.328 e. The molecule has 0 saturated heterocycles. The van der Waals surface area contributed by atoms with Crippen molar-refractivity contribution in [3.05, 3.63) is 47.5 Å². The number of benzene rings is 1. The molecule has 2 aromatic rings. The second kappa shape index (κ2) is 6.61. The maximum atomic E-state index is 12.0. The molecule has 0 bridgehead atoms. The van der Waals surface area contributed by atoms with Crippen molar-refractivity contribution >= 4 is 16.1 Å². The third kappa shape index (κ3) is 4.32. The van der Waals surface area contributed by atoms with Gasteiger partial charge in [0.15, 0.2) is 0 Å². The minimum absolute atomic E-state index is 0.0532. The van der Waals surface area contributed by atoms with Crippen LogP contribution in [0, 0.1) is 13.8 Å². The number of H-pyrrole nitrogens is 1. The fraction of sp³-hybridized carbons (Fsp3) is 0.286. The Morgan fingerprint density at radius 1 is 1.23 bits per heavy atom. The zero-order valence-corrected chi connectivity index (χ0v) is 13.2. The van der Waals surface area contributed by atoms with Crippen molar-refractivity contribution in [1.29, 1.82) is 0 Å². The lowest BCUT2D eigenvalue weighted by Gasteiger charge is -2.08. The van der Waals surface area contributed by atoms with E-state index in [1.165, 1.54) is 12.1 Å². The van der Waals surface area contributed by atoms with E-state index in [0.717, 1.165) is 17.1 Å². The second-order valence-corrected chi connectivity index (χ2v) is 6.60. The van der Waals surface area contributed by atoms with Crippen LogP contribution >= 0.6 is 0 Å². The summed E-state index contributed by atoms with van der Waals surface area (Å²) in [6.45, 7) is 3.99. The molecule has 118 valence electrons. The van der Waals surface area contributed by atoms with Crippen LogP contribution in [0.25, 0.3) is 0 Å². The van der Waals surface area contributed by atoms with Gasteiger partial charge in [-0.1, -0.05) is 17.7 Å². The van der Waals surface area contributed by atoms with Crippen molar-refractivity contribution in [3.63, 3.8) is 0 Å². The third-order valence-electron chi connectivity index (χ3n) is 2.99. The molecular weight excluding hydrogens is 304 g/mol. The first-order chi connectivity index (χ1) is 10.4. The molecule has 7 nitrogen and oxygen atoms in total. The SMILES string of the molecule is Cc1ccc(S(=O)(=O)NC(=O)NCCc2cnc(C)[nH]2)cc1. The number of hydrogen-bond donors (Lipinski definition) is 3. The average Bonchev–Trinajstić information content (AvgIpc) is 2.84. The highest BCUT2D eigenvalue weighted by Crippen LogP contribution is 2.09. The lowest BCUT2D eigenvalue weighted by molar-refractivity contribution is 0.246. The Bertz CT molecular complexity index is 751. The van der Waals surface area contributed by atoms with E-state index in [4.69, 9.17) is 0 Å². The van der Waals surface area contributed by atoms with Crippen LogP contribution in [0.3, 0.4) is 0 Å². The van der Waals surface area contributed by atoms with Crippen molar-refractivity contribution in [2.24, 2.45) is 0 Å². The number of nitrogens with zero attached hydrogens (tertiary/aromatic N) is 1. The van der Waals surface area contributed by atoms with Crippen molar-refractivity contribution < 1.29 is 13.2 Å². The number of imidazole rings is 1. The van der Waals surface area contributed by atoms with Crippen LogP contribution in [0.15, 0.2) is 35.4 Å². The van der Waals surface area contributed by atoms with Gasteiger partial charge in [0.05, 0.1) is 4.90 Å². The van der Waals surface area contributed by atoms with Gasteiger partial charge >= 0.3 is 6.03 Å². The number of aryl methyl sites for hydroxylation is 2. The lowest BCUT2D eigenvalue weighted by atomic mass is 10.2. The minimum atomic E-state index is -3.85. The highest BCUT2D eigenvalue weighted by molar-refractivity contribution is 7.90. The van der Waals surface area contributed by atoms with Crippen molar-refractivity contribution in [2.75, 3.05) is 6.54 Å². The number of aromatic amines is 1. The number of amides is 2. The highest BCUT2D eigenvalue weighted by atomic mass is 32.2. The molecule has 1 aromatic heterocycles. The van der Waals surface area contributed by atoms with Crippen molar-refractivity contribution in [1.82, 2.24) is 20.0 Å². The van der Waals surface area contributed by atoms with Gasteiger partial charge in [-0.2, -0.15) is 0 Å². The molecule has 0 spiro atoms. The average molecular weight is 322 g/mol. The number of carbonyl (C=O) groups excluding carboxylic acids is 1. The minimum Gasteiger partial charge on any atom is -0.346 e. The molecule has 22 heavy (non-hydrogen) atoms. The van der Waals surface area contributed by atoms with Crippen LogP contribution in [-0.4, -0.2) is 31.0 Å². The Hall–Kier alpha value is -2.35. The van der Waals surface area contributed by atoms with Gasteiger partial charge in [0, 0.05) is 24.9 Å². The predicted molar refractivity (Wildman–Crippen MR) is 81.9 cm³/mol. The number of aromatic nitrogens is 2. The van der Waals surface area contributed by atoms with E-state index in [1.54, 1.807) is 18.3 Å². The van der Waals surface area contributed by atoms with Gasteiger partial charge in [0.25, 0.3) is 10.0 Å². The Morgan fingerprint density at radius 3 is 2.50 bits per heavy atom.